The molecule has 2 aliphatic rings. The monoisotopic (exact) mass is 445 g/mol. The molecule has 166 valence electrons. The number of hydrogen-bond acceptors (Lipinski definition) is 6. The quantitative estimate of drug-likeness (QED) is 0.670. The van der Waals surface area contributed by atoms with E-state index in [2.05, 4.69) is 15.5 Å². The van der Waals surface area contributed by atoms with Gasteiger partial charge in [0.15, 0.2) is 0 Å². The molecule has 1 aromatic carbocycles. The molecular weight excluding hydrogens is 418 g/mol. The highest BCUT2D eigenvalue weighted by molar-refractivity contribution is 6.30. The van der Waals surface area contributed by atoms with Crippen molar-refractivity contribution in [3.05, 3.63) is 35.2 Å². The molecule has 1 aliphatic carbocycles. The summed E-state index contributed by atoms with van der Waals surface area (Å²) in [7, 11) is 0. The number of amides is 3. The summed E-state index contributed by atoms with van der Waals surface area (Å²) < 4.78 is 5.82. The number of carbonyl (C=O) groups excluding carboxylic acids is 2. The first-order valence-corrected chi connectivity index (χ1v) is 11.2. The second kappa shape index (κ2) is 8.96. The van der Waals surface area contributed by atoms with E-state index in [9.17, 15) is 9.59 Å². The first-order chi connectivity index (χ1) is 14.9. The van der Waals surface area contributed by atoms with Gasteiger partial charge < -0.3 is 9.73 Å². The van der Waals surface area contributed by atoms with E-state index in [1.54, 1.807) is 12.1 Å². The van der Waals surface area contributed by atoms with Crippen molar-refractivity contribution in [2.24, 2.45) is 0 Å². The third-order valence-corrected chi connectivity index (χ3v) is 6.40. The molecule has 4 rings (SSSR count). The van der Waals surface area contributed by atoms with Crippen LogP contribution in [0, 0.1) is 0 Å². The number of urea groups is 1. The first-order valence-electron chi connectivity index (χ1n) is 10.8. The molecule has 1 aliphatic heterocycles. The number of rotatable bonds is 6. The van der Waals surface area contributed by atoms with Gasteiger partial charge in [0.05, 0.1) is 13.2 Å². The molecular formula is C22H28ClN5O3. The van der Waals surface area contributed by atoms with Crippen molar-refractivity contribution >= 4 is 23.5 Å². The fraction of sp³-hybridized carbons (Fsp3) is 0.545. The minimum Gasteiger partial charge on any atom is -0.419 e. The van der Waals surface area contributed by atoms with Crippen LogP contribution in [0.3, 0.4) is 0 Å². The Morgan fingerprint density at radius 1 is 1.13 bits per heavy atom. The summed E-state index contributed by atoms with van der Waals surface area (Å²) in [6.07, 6.45) is 5.56. The second-order valence-corrected chi connectivity index (χ2v) is 9.09. The van der Waals surface area contributed by atoms with Crippen LogP contribution in [0.4, 0.5) is 4.79 Å². The maximum atomic E-state index is 13.2. The van der Waals surface area contributed by atoms with Crippen LogP contribution < -0.4 is 5.32 Å². The number of imide groups is 1. The molecule has 1 saturated carbocycles. The highest BCUT2D eigenvalue weighted by Gasteiger charge is 2.51. The lowest BCUT2D eigenvalue weighted by atomic mass is 9.90. The van der Waals surface area contributed by atoms with Crippen molar-refractivity contribution in [1.82, 2.24) is 25.3 Å². The maximum absolute atomic E-state index is 13.2. The molecule has 1 saturated heterocycles. The molecule has 1 aromatic heterocycles. The molecule has 0 radical (unpaired) electrons. The Morgan fingerprint density at radius 2 is 1.81 bits per heavy atom. The van der Waals surface area contributed by atoms with E-state index in [0.717, 1.165) is 31.2 Å². The van der Waals surface area contributed by atoms with Gasteiger partial charge in [-0.1, -0.05) is 37.3 Å². The van der Waals surface area contributed by atoms with Crippen LogP contribution in [-0.4, -0.2) is 50.2 Å². The van der Waals surface area contributed by atoms with Gasteiger partial charge in [0, 0.05) is 16.6 Å². The Hall–Kier alpha value is -2.45. The Balaban J connectivity index is 1.47. The van der Waals surface area contributed by atoms with Crippen LogP contribution in [0.5, 0.6) is 0 Å². The van der Waals surface area contributed by atoms with Crippen LogP contribution in [-0.2, 0) is 11.3 Å². The smallest absolute Gasteiger partial charge is 0.326 e. The third-order valence-electron chi connectivity index (χ3n) is 6.15. The fourth-order valence-electron chi connectivity index (χ4n) is 4.25. The minimum atomic E-state index is -0.734. The summed E-state index contributed by atoms with van der Waals surface area (Å²) in [6.45, 7) is 4.54. The van der Waals surface area contributed by atoms with Crippen molar-refractivity contribution in [3.63, 3.8) is 0 Å². The van der Waals surface area contributed by atoms with Crippen molar-refractivity contribution in [2.75, 3.05) is 6.67 Å². The Bertz CT molecular complexity index is 935. The van der Waals surface area contributed by atoms with Gasteiger partial charge in [0.25, 0.3) is 5.91 Å². The Morgan fingerprint density at radius 3 is 2.45 bits per heavy atom. The molecule has 3 amide bonds. The number of halogens is 1. The lowest BCUT2D eigenvalue weighted by Gasteiger charge is -2.29. The standard InChI is InChI=1S/C22H28ClN5O3/c1-15(2)27(13-18-25-26-19(31-18)16-7-9-17(23)10-8-16)14-28-20(29)22(24-21(28)30)11-5-3-4-6-12-22/h7-10,15H,3-6,11-14H2,1-2H3,(H,24,30). The second-order valence-electron chi connectivity index (χ2n) is 8.65. The highest BCUT2D eigenvalue weighted by Crippen LogP contribution is 2.33. The predicted octanol–water partition coefficient (Wildman–Crippen LogP) is 4.20. The van der Waals surface area contributed by atoms with Crippen LogP contribution >= 0.6 is 11.6 Å². The molecule has 0 bridgehead atoms. The van der Waals surface area contributed by atoms with Crippen molar-refractivity contribution in [2.45, 2.75) is 70.5 Å². The largest absolute Gasteiger partial charge is 0.419 e. The summed E-state index contributed by atoms with van der Waals surface area (Å²) in [5, 5.41) is 11.9. The van der Waals surface area contributed by atoms with Gasteiger partial charge >= 0.3 is 6.03 Å². The summed E-state index contributed by atoms with van der Waals surface area (Å²) in [5.74, 6) is 0.718. The van der Waals surface area contributed by atoms with E-state index < -0.39 is 5.54 Å². The number of benzene rings is 1. The minimum absolute atomic E-state index is 0.0668. The number of nitrogens with one attached hydrogen (secondary N) is 1. The summed E-state index contributed by atoms with van der Waals surface area (Å²) in [5.41, 5.74) is 0.0475. The van der Waals surface area contributed by atoms with Crippen LogP contribution in [0.15, 0.2) is 28.7 Å². The summed E-state index contributed by atoms with van der Waals surface area (Å²) >= 11 is 5.94. The van der Waals surface area contributed by atoms with Gasteiger partial charge in [-0.3, -0.25) is 9.69 Å². The third kappa shape index (κ3) is 4.60. The molecule has 2 fully saturated rings. The van der Waals surface area contributed by atoms with E-state index in [4.69, 9.17) is 16.0 Å². The molecule has 1 spiro atoms. The van der Waals surface area contributed by atoms with E-state index in [1.165, 1.54) is 4.90 Å². The average Bonchev–Trinajstić information content (AvgIpc) is 3.19. The van der Waals surface area contributed by atoms with Gasteiger partial charge in [-0.15, -0.1) is 10.2 Å². The fourth-order valence-corrected chi connectivity index (χ4v) is 4.38. The molecule has 0 atom stereocenters. The number of carbonyl (C=O) groups is 2. The normalized spacial score (nSPS) is 18.8. The summed E-state index contributed by atoms with van der Waals surface area (Å²) in [6, 6.07) is 6.92. The molecule has 1 N–H and O–H groups in total. The number of nitrogens with zero attached hydrogens (tertiary/aromatic N) is 4. The van der Waals surface area contributed by atoms with Gasteiger partial charge in [-0.2, -0.15) is 0 Å². The molecule has 31 heavy (non-hydrogen) atoms. The highest BCUT2D eigenvalue weighted by atomic mass is 35.5. The van der Waals surface area contributed by atoms with Crippen LogP contribution in [0.25, 0.3) is 11.5 Å². The zero-order valence-corrected chi connectivity index (χ0v) is 18.7. The zero-order valence-electron chi connectivity index (χ0n) is 17.9. The molecule has 8 nitrogen and oxygen atoms in total. The van der Waals surface area contributed by atoms with E-state index in [1.807, 2.05) is 30.9 Å². The van der Waals surface area contributed by atoms with Crippen molar-refractivity contribution < 1.29 is 14.0 Å². The van der Waals surface area contributed by atoms with E-state index >= 15 is 0 Å². The number of hydrogen-bond donors (Lipinski definition) is 1. The van der Waals surface area contributed by atoms with Crippen LogP contribution in [0.1, 0.15) is 58.3 Å². The molecule has 9 heteroatoms. The molecule has 2 heterocycles. The van der Waals surface area contributed by atoms with Gasteiger partial charge in [0.2, 0.25) is 11.8 Å². The summed E-state index contributed by atoms with van der Waals surface area (Å²) in [4.78, 5) is 29.2. The van der Waals surface area contributed by atoms with Crippen molar-refractivity contribution in [1.29, 1.82) is 0 Å². The molecule has 0 unspecified atom stereocenters. The predicted molar refractivity (Wildman–Crippen MR) is 116 cm³/mol. The van der Waals surface area contributed by atoms with E-state index in [0.29, 0.717) is 36.2 Å². The Labute approximate surface area is 186 Å². The van der Waals surface area contributed by atoms with E-state index in [-0.39, 0.29) is 24.6 Å². The lowest BCUT2D eigenvalue weighted by Crippen LogP contribution is -2.48. The topological polar surface area (TPSA) is 91.6 Å². The van der Waals surface area contributed by atoms with Gasteiger partial charge in [-0.05, 0) is 51.0 Å². The lowest BCUT2D eigenvalue weighted by molar-refractivity contribution is -0.133. The zero-order chi connectivity index (χ0) is 22.0. The van der Waals surface area contributed by atoms with Crippen molar-refractivity contribution in [3.8, 4) is 11.5 Å². The van der Waals surface area contributed by atoms with Gasteiger partial charge in [0.1, 0.15) is 5.54 Å². The van der Waals surface area contributed by atoms with Crippen LogP contribution in [0.2, 0.25) is 5.02 Å². The van der Waals surface area contributed by atoms with Gasteiger partial charge in [-0.25, -0.2) is 9.69 Å². The molecule has 2 aromatic rings. The SMILES string of the molecule is CC(C)N(Cc1nnc(-c2ccc(Cl)cc2)o1)CN1C(=O)NC2(CCCCCC2)C1=O. The number of aromatic nitrogens is 2. The Kier molecular flexibility index (Phi) is 6.29. The average molecular weight is 446 g/mol. The first kappa shape index (κ1) is 21.8. The maximum Gasteiger partial charge on any atom is 0.326 e.